The van der Waals surface area contributed by atoms with E-state index in [0.717, 1.165) is 43.2 Å². The molecule has 1 aromatic heterocycles. The number of carbonyl (C=O) groups excluding carboxylic acids is 1. The number of rotatable bonds is 8. The molecule has 1 heterocycles. The number of halogens is 2. The Bertz CT molecular complexity index is 1170. The normalized spacial score (nSPS) is 18.2. The number of amides is 1. The van der Waals surface area contributed by atoms with Crippen LogP contribution in [-0.4, -0.2) is 27.2 Å². The lowest BCUT2D eigenvalue weighted by Crippen LogP contribution is -2.30. The van der Waals surface area contributed by atoms with E-state index in [2.05, 4.69) is 10.3 Å². The topological polar surface area (TPSA) is 76.4 Å². The molecule has 8 heteroatoms. The summed E-state index contributed by atoms with van der Waals surface area (Å²) in [5.41, 5.74) is 1.40. The van der Waals surface area contributed by atoms with E-state index in [-0.39, 0.29) is 30.0 Å². The van der Waals surface area contributed by atoms with Gasteiger partial charge < -0.3 is 14.4 Å². The van der Waals surface area contributed by atoms with Crippen molar-refractivity contribution in [2.24, 2.45) is 0 Å². The molecule has 2 aliphatic carbocycles. The van der Waals surface area contributed by atoms with Crippen molar-refractivity contribution >= 4 is 22.9 Å². The maximum absolute atomic E-state index is 13.0. The van der Waals surface area contributed by atoms with Crippen LogP contribution in [0, 0.1) is 0 Å². The first kappa shape index (κ1) is 21.8. The molecule has 2 saturated carbocycles. The smallest absolute Gasteiger partial charge is 0.387 e. The van der Waals surface area contributed by atoms with E-state index in [1.165, 1.54) is 0 Å². The molecular weight excluding hydrogens is 428 g/mol. The number of aromatic nitrogens is 2. The molecule has 174 valence electrons. The molecule has 1 atom stereocenters. The first-order chi connectivity index (χ1) is 15.8. The summed E-state index contributed by atoms with van der Waals surface area (Å²) < 4.78 is 32.8. The Morgan fingerprint density at radius 1 is 1.24 bits per heavy atom. The van der Waals surface area contributed by atoms with E-state index in [1.807, 2.05) is 28.8 Å². The Kier molecular flexibility index (Phi) is 5.56. The minimum atomic E-state index is -2.91. The zero-order chi connectivity index (χ0) is 23.2. The molecule has 0 bridgehead atoms. The van der Waals surface area contributed by atoms with Crippen molar-refractivity contribution in [3.8, 4) is 5.75 Å². The van der Waals surface area contributed by atoms with Gasteiger partial charge in [0.25, 0.3) is 0 Å². The molecule has 0 spiro atoms. The predicted molar refractivity (Wildman–Crippen MR) is 120 cm³/mol. The summed E-state index contributed by atoms with van der Waals surface area (Å²) >= 11 is 0. The molecule has 0 unspecified atom stereocenters. The lowest BCUT2D eigenvalue weighted by molar-refractivity contribution is -0.120. The van der Waals surface area contributed by atoms with E-state index in [0.29, 0.717) is 17.0 Å². The van der Waals surface area contributed by atoms with Gasteiger partial charge in [0.2, 0.25) is 11.9 Å². The quantitative estimate of drug-likeness (QED) is 0.472. The number of hydrogen-bond donors (Lipinski definition) is 2. The molecule has 2 aromatic carbocycles. The number of ether oxygens (including phenoxy) is 1. The highest BCUT2D eigenvalue weighted by Gasteiger charge is 2.32. The Morgan fingerprint density at radius 3 is 2.58 bits per heavy atom. The van der Waals surface area contributed by atoms with Crippen molar-refractivity contribution in [3.63, 3.8) is 0 Å². The highest BCUT2D eigenvalue weighted by Crippen LogP contribution is 2.47. The predicted octanol–water partition coefficient (Wildman–Crippen LogP) is 5.48. The van der Waals surface area contributed by atoms with Gasteiger partial charge in [-0.05, 0) is 62.1 Å². The summed E-state index contributed by atoms with van der Waals surface area (Å²) in [4.78, 5) is 17.5. The summed E-state index contributed by atoms with van der Waals surface area (Å²) in [5.74, 6) is 0.376. The van der Waals surface area contributed by atoms with Gasteiger partial charge in [-0.3, -0.25) is 10.1 Å². The van der Waals surface area contributed by atoms with Crippen molar-refractivity contribution in [1.82, 2.24) is 9.55 Å². The van der Waals surface area contributed by atoms with Gasteiger partial charge in [-0.2, -0.15) is 8.78 Å². The Hall–Kier alpha value is -3.00. The summed E-state index contributed by atoms with van der Waals surface area (Å²) in [7, 11) is 0. The highest BCUT2D eigenvalue weighted by molar-refractivity contribution is 5.92. The number of benzene rings is 2. The van der Waals surface area contributed by atoms with Gasteiger partial charge in [0.1, 0.15) is 5.75 Å². The fourth-order valence-corrected chi connectivity index (χ4v) is 4.53. The van der Waals surface area contributed by atoms with E-state index in [9.17, 15) is 18.7 Å². The van der Waals surface area contributed by atoms with Crippen LogP contribution >= 0.6 is 0 Å². The van der Waals surface area contributed by atoms with Crippen LogP contribution in [0.3, 0.4) is 0 Å². The molecule has 0 radical (unpaired) electrons. The molecule has 0 aliphatic heterocycles. The number of hydrogen-bond acceptors (Lipinski definition) is 4. The van der Waals surface area contributed by atoms with Crippen LogP contribution in [0.5, 0.6) is 5.75 Å². The second kappa shape index (κ2) is 8.41. The van der Waals surface area contributed by atoms with Crippen LogP contribution < -0.4 is 10.1 Å². The molecule has 0 saturated heterocycles. The summed E-state index contributed by atoms with van der Waals surface area (Å²) in [6.07, 6.45) is 4.76. The zero-order valence-electron chi connectivity index (χ0n) is 18.4. The van der Waals surface area contributed by atoms with Crippen LogP contribution in [0.25, 0.3) is 11.0 Å². The van der Waals surface area contributed by atoms with Crippen LogP contribution in [-0.2, 0) is 10.4 Å². The van der Waals surface area contributed by atoms with Gasteiger partial charge >= 0.3 is 6.61 Å². The maximum atomic E-state index is 13.0. The van der Waals surface area contributed by atoms with E-state index in [1.54, 1.807) is 25.1 Å². The zero-order valence-corrected chi connectivity index (χ0v) is 18.4. The minimum Gasteiger partial charge on any atom is -0.434 e. The number of aliphatic hydroxyl groups is 1. The Morgan fingerprint density at radius 2 is 1.97 bits per heavy atom. The summed E-state index contributed by atoms with van der Waals surface area (Å²) in [6.45, 7) is -1.31. The maximum Gasteiger partial charge on any atom is 0.387 e. The minimum absolute atomic E-state index is 0.141. The summed E-state index contributed by atoms with van der Waals surface area (Å²) in [6, 6.07) is 12.7. The lowest BCUT2D eigenvalue weighted by atomic mass is 9.92. The van der Waals surface area contributed by atoms with Crippen molar-refractivity contribution in [3.05, 3.63) is 53.6 Å². The molecule has 3 aromatic rings. The SMILES string of the molecule is C[C@](O)(CC(=O)Nc1nc2cc(OC(F)F)c(C3CC3)cc2n1C1CCC1)c1ccccc1. The van der Waals surface area contributed by atoms with Gasteiger partial charge in [-0.25, -0.2) is 4.98 Å². The van der Waals surface area contributed by atoms with Gasteiger partial charge in [0.15, 0.2) is 0 Å². The second-order valence-electron chi connectivity index (χ2n) is 9.29. The fourth-order valence-electron chi connectivity index (χ4n) is 4.53. The monoisotopic (exact) mass is 455 g/mol. The Balaban J connectivity index is 1.47. The third-order valence-corrected chi connectivity index (χ3v) is 6.65. The van der Waals surface area contributed by atoms with E-state index >= 15 is 0 Å². The average Bonchev–Trinajstić information content (AvgIpc) is 3.51. The number of anilines is 1. The van der Waals surface area contributed by atoms with E-state index < -0.39 is 12.2 Å². The number of nitrogens with zero attached hydrogens (tertiary/aromatic N) is 2. The van der Waals surface area contributed by atoms with Crippen molar-refractivity contribution < 1.29 is 23.4 Å². The fraction of sp³-hybridized carbons (Fsp3) is 0.440. The first-order valence-electron chi connectivity index (χ1n) is 11.4. The molecular formula is C25H27F2N3O3. The average molecular weight is 456 g/mol. The number of imidazole rings is 1. The molecule has 5 rings (SSSR count). The number of nitrogens with one attached hydrogen (secondary N) is 1. The number of carbonyl (C=O) groups is 1. The molecule has 6 nitrogen and oxygen atoms in total. The van der Waals surface area contributed by atoms with Gasteiger partial charge in [-0.15, -0.1) is 0 Å². The standard InChI is InChI=1S/C25H27F2N3O3/c1-25(32,16-6-3-2-4-7-16)14-22(31)29-24-28-19-13-21(33-23(26)27)18(15-10-11-15)12-20(19)30(24)17-8-5-9-17/h2-4,6-7,12-13,15,17,23,32H,5,8-11,14H2,1H3,(H,28,29,31)/t25-/m0/s1. The molecule has 2 aliphatic rings. The largest absolute Gasteiger partial charge is 0.434 e. The van der Waals surface area contributed by atoms with Gasteiger partial charge in [-0.1, -0.05) is 30.3 Å². The second-order valence-corrected chi connectivity index (χ2v) is 9.29. The molecule has 1 amide bonds. The van der Waals surface area contributed by atoms with Crippen LogP contribution in [0.15, 0.2) is 42.5 Å². The molecule has 2 N–H and O–H groups in total. The van der Waals surface area contributed by atoms with Gasteiger partial charge in [0.05, 0.1) is 23.1 Å². The van der Waals surface area contributed by atoms with Crippen molar-refractivity contribution in [1.29, 1.82) is 0 Å². The first-order valence-corrected chi connectivity index (χ1v) is 11.4. The van der Waals surface area contributed by atoms with Crippen LogP contribution in [0.4, 0.5) is 14.7 Å². The van der Waals surface area contributed by atoms with Gasteiger partial charge in [0, 0.05) is 12.1 Å². The third-order valence-electron chi connectivity index (χ3n) is 6.65. The number of fused-ring (bicyclic) bond motifs is 1. The van der Waals surface area contributed by atoms with Crippen LogP contribution in [0.2, 0.25) is 0 Å². The highest BCUT2D eigenvalue weighted by atomic mass is 19.3. The third kappa shape index (κ3) is 4.44. The van der Waals surface area contributed by atoms with Crippen molar-refractivity contribution in [2.75, 3.05) is 5.32 Å². The Labute approximate surface area is 190 Å². The summed E-state index contributed by atoms with van der Waals surface area (Å²) in [5, 5.41) is 13.7. The lowest BCUT2D eigenvalue weighted by Gasteiger charge is -2.29. The molecule has 2 fully saturated rings. The van der Waals surface area contributed by atoms with Crippen molar-refractivity contribution in [2.45, 2.75) is 69.6 Å². The molecule has 33 heavy (non-hydrogen) atoms. The number of alkyl halides is 2. The van der Waals surface area contributed by atoms with Crippen LogP contribution in [0.1, 0.15) is 68.5 Å². The van der Waals surface area contributed by atoms with E-state index in [4.69, 9.17) is 4.74 Å².